The molecule has 1 fully saturated rings. The predicted octanol–water partition coefficient (Wildman–Crippen LogP) is -0.0377. The highest BCUT2D eigenvalue weighted by molar-refractivity contribution is 7.91. The number of sulfone groups is 1. The number of hydrogen-bond acceptors (Lipinski definition) is 6. The molecule has 1 aliphatic rings. The lowest BCUT2D eigenvalue weighted by molar-refractivity contribution is 0.602. The van der Waals surface area contributed by atoms with E-state index in [2.05, 4.69) is 20.4 Å². The zero-order valence-electron chi connectivity index (χ0n) is 9.87. The fourth-order valence-electron chi connectivity index (χ4n) is 2.18. The van der Waals surface area contributed by atoms with Gasteiger partial charge in [-0.1, -0.05) is 0 Å². The molecule has 3 heterocycles. The Hall–Kier alpha value is -1.70. The Labute approximate surface area is 104 Å². The van der Waals surface area contributed by atoms with Crippen LogP contribution in [-0.4, -0.2) is 45.7 Å². The lowest BCUT2D eigenvalue weighted by Crippen LogP contribution is -2.21. The molecule has 0 amide bonds. The summed E-state index contributed by atoms with van der Waals surface area (Å²) >= 11 is 0. The van der Waals surface area contributed by atoms with E-state index >= 15 is 0 Å². The van der Waals surface area contributed by atoms with Crippen LogP contribution in [0.25, 0.3) is 11.0 Å². The normalized spacial score (nSPS) is 22.4. The molecular formula is C10H13N5O2S. The van der Waals surface area contributed by atoms with Crippen molar-refractivity contribution in [3.8, 4) is 0 Å². The van der Waals surface area contributed by atoms with Gasteiger partial charge in [0.1, 0.15) is 12.1 Å². The average molecular weight is 267 g/mol. The zero-order valence-corrected chi connectivity index (χ0v) is 10.7. The highest BCUT2D eigenvalue weighted by Gasteiger charge is 2.28. The molecule has 0 saturated carbocycles. The van der Waals surface area contributed by atoms with Crippen molar-refractivity contribution in [1.82, 2.24) is 19.7 Å². The summed E-state index contributed by atoms with van der Waals surface area (Å²) in [6.45, 7) is 0. The number of aryl methyl sites for hydroxylation is 1. The molecule has 3 rings (SSSR count). The first-order valence-corrected chi connectivity index (χ1v) is 7.47. The van der Waals surface area contributed by atoms with Gasteiger partial charge in [0.15, 0.2) is 15.5 Å². The van der Waals surface area contributed by atoms with Gasteiger partial charge in [0.2, 0.25) is 0 Å². The predicted molar refractivity (Wildman–Crippen MR) is 67.0 cm³/mol. The molecule has 0 bridgehead atoms. The number of aromatic nitrogens is 4. The summed E-state index contributed by atoms with van der Waals surface area (Å²) in [6, 6.07) is -0.0756. The molecule has 2 aromatic heterocycles. The molecule has 0 aromatic carbocycles. The Kier molecular flexibility index (Phi) is 2.47. The van der Waals surface area contributed by atoms with Crippen molar-refractivity contribution in [1.29, 1.82) is 0 Å². The molecule has 1 atom stereocenters. The van der Waals surface area contributed by atoms with E-state index in [1.807, 2.05) is 0 Å². The van der Waals surface area contributed by atoms with E-state index < -0.39 is 9.84 Å². The third-order valence-electron chi connectivity index (χ3n) is 3.10. The number of nitrogens with zero attached hydrogens (tertiary/aromatic N) is 4. The van der Waals surface area contributed by atoms with Gasteiger partial charge in [0.25, 0.3) is 0 Å². The molecule has 8 heteroatoms. The Morgan fingerprint density at radius 3 is 3.00 bits per heavy atom. The van der Waals surface area contributed by atoms with E-state index in [0.29, 0.717) is 12.2 Å². The van der Waals surface area contributed by atoms with Crippen LogP contribution in [0, 0.1) is 0 Å². The molecule has 1 saturated heterocycles. The standard InChI is InChI=1S/C10H13N5O2S/c1-15-10-8(4-13-15)9(11-6-12-10)14-7-2-3-18(16,17)5-7/h4,6-7H,2-3,5H2,1H3,(H,11,12,14). The summed E-state index contributed by atoms with van der Waals surface area (Å²) in [7, 11) is -1.09. The summed E-state index contributed by atoms with van der Waals surface area (Å²) in [5.74, 6) is 1.06. The van der Waals surface area contributed by atoms with Crippen LogP contribution in [0.1, 0.15) is 6.42 Å². The monoisotopic (exact) mass is 267 g/mol. The summed E-state index contributed by atoms with van der Waals surface area (Å²) in [4.78, 5) is 8.30. The maximum Gasteiger partial charge on any atom is 0.163 e. The second-order valence-corrected chi connectivity index (χ2v) is 6.70. The summed E-state index contributed by atoms with van der Waals surface area (Å²) in [6.07, 6.45) is 3.75. The van der Waals surface area contributed by atoms with Crippen LogP contribution in [0.3, 0.4) is 0 Å². The third-order valence-corrected chi connectivity index (χ3v) is 4.87. The largest absolute Gasteiger partial charge is 0.366 e. The minimum atomic E-state index is -2.89. The van der Waals surface area contributed by atoms with Crippen LogP contribution < -0.4 is 5.32 Å². The highest BCUT2D eigenvalue weighted by Crippen LogP contribution is 2.21. The maximum atomic E-state index is 11.4. The Bertz CT molecular complexity index is 693. The van der Waals surface area contributed by atoms with Crippen molar-refractivity contribution >= 4 is 26.7 Å². The zero-order chi connectivity index (χ0) is 12.8. The number of anilines is 1. The molecule has 1 aliphatic heterocycles. The van der Waals surface area contributed by atoms with Gasteiger partial charge in [-0.05, 0) is 6.42 Å². The quantitative estimate of drug-likeness (QED) is 0.821. The Morgan fingerprint density at radius 2 is 2.28 bits per heavy atom. The molecule has 1 unspecified atom stereocenters. The Balaban J connectivity index is 1.92. The first kappa shape index (κ1) is 11.4. The lowest BCUT2D eigenvalue weighted by atomic mass is 10.2. The van der Waals surface area contributed by atoms with Crippen LogP contribution in [0.4, 0.5) is 5.82 Å². The first-order valence-electron chi connectivity index (χ1n) is 5.65. The molecule has 2 aromatic rings. The smallest absolute Gasteiger partial charge is 0.163 e. The number of hydrogen-bond donors (Lipinski definition) is 1. The summed E-state index contributed by atoms with van der Waals surface area (Å²) < 4.78 is 24.5. The number of nitrogens with one attached hydrogen (secondary N) is 1. The van der Waals surface area contributed by atoms with Crippen LogP contribution in [0.15, 0.2) is 12.5 Å². The molecular weight excluding hydrogens is 254 g/mol. The van der Waals surface area contributed by atoms with E-state index in [-0.39, 0.29) is 17.5 Å². The van der Waals surface area contributed by atoms with Crippen molar-refractivity contribution in [2.45, 2.75) is 12.5 Å². The fraction of sp³-hybridized carbons (Fsp3) is 0.500. The third kappa shape index (κ3) is 1.92. The van der Waals surface area contributed by atoms with E-state index in [0.717, 1.165) is 11.0 Å². The van der Waals surface area contributed by atoms with Crippen molar-refractivity contribution in [2.75, 3.05) is 16.8 Å². The van der Waals surface area contributed by atoms with Crippen molar-refractivity contribution in [2.24, 2.45) is 7.05 Å². The topological polar surface area (TPSA) is 89.8 Å². The van der Waals surface area contributed by atoms with Crippen molar-refractivity contribution in [3.63, 3.8) is 0 Å². The molecule has 0 aliphatic carbocycles. The van der Waals surface area contributed by atoms with Crippen molar-refractivity contribution in [3.05, 3.63) is 12.5 Å². The van der Waals surface area contributed by atoms with Crippen LogP contribution >= 0.6 is 0 Å². The van der Waals surface area contributed by atoms with Gasteiger partial charge in [-0.2, -0.15) is 5.10 Å². The minimum absolute atomic E-state index is 0.0756. The average Bonchev–Trinajstić information content (AvgIpc) is 2.84. The van der Waals surface area contributed by atoms with E-state index in [1.165, 1.54) is 6.33 Å². The van der Waals surface area contributed by atoms with Crippen LogP contribution in [-0.2, 0) is 16.9 Å². The van der Waals surface area contributed by atoms with Gasteiger partial charge >= 0.3 is 0 Å². The fourth-order valence-corrected chi connectivity index (χ4v) is 3.85. The molecule has 0 spiro atoms. The number of fused-ring (bicyclic) bond motifs is 1. The second kappa shape index (κ2) is 3.91. The van der Waals surface area contributed by atoms with Gasteiger partial charge in [-0.3, -0.25) is 4.68 Å². The molecule has 0 radical (unpaired) electrons. The SMILES string of the molecule is Cn1ncc2c(NC3CCS(=O)(=O)C3)ncnc21. The Morgan fingerprint density at radius 1 is 1.44 bits per heavy atom. The molecule has 18 heavy (non-hydrogen) atoms. The molecule has 1 N–H and O–H groups in total. The van der Waals surface area contributed by atoms with E-state index in [1.54, 1.807) is 17.9 Å². The van der Waals surface area contributed by atoms with Gasteiger partial charge in [-0.15, -0.1) is 0 Å². The van der Waals surface area contributed by atoms with Gasteiger partial charge in [0.05, 0.1) is 23.1 Å². The van der Waals surface area contributed by atoms with E-state index in [9.17, 15) is 8.42 Å². The van der Waals surface area contributed by atoms with Crippen LogP contribution in [0.2, 0.25) is 0 Å². The van der Waals surface area contributed by atoms with E-state index in [4.69, 9.17) is 0 Å². The van der Waals surface area contributed by atoms with Crippen molar-refractivity contribution < 1.29 is 8.42 Å². The van der Waals surface area contributed by atoms with Gasteiger partial charge in [0, 0.05) is 13.1 Å². The lowest BCUT2D eigenvalue weighted by Gasteiger charge is -2.11. The van der Waals surface area contributed by atoms with Gasteiger partial charge < -0.3 is 5.32 Å². The first-order chi connectivity index (χ1) is 8.55. The second-order valence-electron chi connectivity index (χ2n) is 4.47. The minimum Gasteiger partial charge on any atom is -0.366 e. The number of rotatable bonds is 2. The van der Waals surface area contributed by atoms with Gasteiger partial charge in [-0.25, -0.2) is 18.4 Å². The summed E-state index contributed by atoms with van der Waals surface area (Å²) in [5, 5.41) is 8.09. The molecule has 96 valence electrons. The highest BCUT2D eigenvalue weighted by atomic mass is 32.2. The molecule has 7 nitrogen and oxygen atoms in total. The van der Waals surface area contributed by atoms with Crippen LogP contribution in [0.5, 0.6) is 0 Å². The summed E-state index contributed by atoms with van der Waals surface area (Å²) in [5.41, 5.74) is 0.730. The maximum absolute atomic E-state index is 11.4.